The third-order valence-electron chi connectivity index (χ3n) is 1.80. The van der Waals surface area contributed by atoms with Crippen molar-refractivity contribution in [2.24, 2.45) is 0 Å². The van der Waals surface area contributed by atoms with Crippen molar-refractivity contribution in [2.75, 3.05) is 0 Å². The Labute approximate surface area is 99.9 Å². The van der Waals surface area contributed by atoms with Crippen LogP contribution in [-0.2, 0) is 0 Å². The predicted octanol–water partition coefficient (Wildman–Crippen LogP) is 2.67. The van der Waals surface area contributed by atoms with E-state index in [4.69, 9.17) is 11.6 Å². The van der Waals surface area contributed by atoms with Gasteiger partial charge in [-0.2, -0.15) is 4.73 Å². The average Bonchev–Trinajstić information content (AvgIpc) is 2.23. The molecule has 2 heterocycles. The van der Waals surface area contributed by atoms with Crippen molar-refractivity contribution in [1.82, 2.24) is 4.98 Å². The summed E-state index contributed by atoms with van der Waals surface area (Å²) in [6.07, 6.45) is 4.73. The third kappa shape index (κ3) is 4.75. The number of hydrogen-bond donors (Lipinski definition) is 0. The van der Waals surface area contributed by atoms with Crippen molar-refractivity contribution in [3.63, 3.8) is 0 Å². The Balaban J connectivity index is 0.000000160. The molecule has 0 aromatic carbocycles. The van der Waals surface area contributed by atoms with Crippen molar-refractivity contribution < 1.29 is 4.73 Å². The van der Waals surface area contributed by atoms with Gasteiger partial charge in [-0.1, -0.05) is 17.7 Å². The standard InChI is InChI=1S/C6H6ClN.C6H7NO/c1-5-2-3-6(7)8-4-5;1-6-3-2-4-7(8)5-6/h2-4H,1H3;2-5H,1H3. The number of rotatable bonds is 0. The smallest absolute Gasteiger partial charge is 0.183 e. The molecule has 0 radical (unpaired) electrons. The maximum absolute atomic E-state index is 10.4. The maximum Gasteiger partial charge on any atom is 0.183 e. The number of aromatic nitrogens is 2. The fourth-order valence-corrected chi connectivity index (χ4v) is 1.13. The van der Waals surface area contributed by atoms with E-state index in [1.54, 1.807) is 18.3 Å². The van der Waals surface area contributed by atoms with Crippen LogP contribution in [0.2, 0.25) is 5.15 Å². The first-order chi connectivity index (χ1) is 7.58. The Kier molecular flexibility index (Phi) is 4.73. The zero-order chi connectivity index (χ0) is 12.0. The van der Waals surface area contributed by atoms with Crippen LogP contribution in [-0.4, -0.2) is 4.98 Å². The van der Waals surface area contributed by atoms with Crippen LogP contribution in [0.25, 0.3) is 0 Å². The molecule has 2 aromatic heterocycles. The van der Waals surface area contributed by atoms with Gasteiger partial charge in [0.05, 0.1) is 0 Å². The van der Waals surface area contributed by atoms with E-state index in [0.29, 0.717) is 5.15 Å². The highest BCUT2D eigenvalue weighted by Crippen LogP contribution is 2.02. The summed E-state index contributed by atoms with van der Waals surface area (Å²) in [4.78, 5) is 3.84. The van der Waals surface area contributed by atoms with Gasteiger partial charge in [0.15, 0.2) is 12.4 Å². The minimum atomic E-state index is 0.551. The lowest BCUT2D eigenvalue weighted by molar-refractivity contribution is -0.605. The molecule has 84 valence electrons. The minimum absolute atomic E-state index is 0.551. The molecule has 3 nitrogen and oxygen atoms in total. The van der Waals surface area contributed by atoms with Gasteiger partial charge < -0.3 is 5.21 Å². The molecule has 0 spiro atoms. The van der Waals surface area contributed by atoms with Gasteiger partial charge in [-0.15, -0.1) is 0 Å². The summed E-state index contributed by atoms with van der Waals surface area (Å²) in [5.74, 6) is 0. The Morgan fingerprint density at radius 1 is 1.19 bits per heavy atom. The van der Waals surface area contributed by atoms with Gasteiger partial charge in [-0.05, 0) is 31.5 Å². The minimum Gasteiger partial charge on any atom is -0.619 e. The lowest BCUT2D eigenvalue weighted by Crippen LogP contribution is -2.23. The molecule has 16 heavy (non-hydrogen) atoms. The molecule has 0 saturated carbocycles. The van der Waals surface area contributed by atoms with Crippen LogP contribution in [0.15, 0.2) is 42.9 Å². The first-order valence-electron chi connectivity index (χ1n) is 4.81. The molecule has 0 amide bonds. The van der Waals surface area contributed by atoms with Crippen molar-refractivity contribution in [3.8, 4) is 0 Å². The molecule has 0 atom stereocenters. The molecule has 4 heteroatoms. The van der Waals surface area contributed by atoms with Gasteiger partial charge in [0.2, 0.25) is 0 Å². The first-order valence-corrected chi connectivity index (χ1v) is 5.19. The Hall–Kier alpha value is -1.61. The van der Waals surface area contributed by atoms with Crippen molar-refractivity contribution >= 4 is 11.6 Å². The molecule has 0 unspecified atom stereocenters. The maximum atomic E-state index is 10.4. The Morgan fingerprint density at radius 2 is 1.94 bits per heavy atom. The highest BCUT2D eigenvalue weighted by molar-refractivity contribution is 6.29. The fraction of sp³-hybridized carbons (Fsp3) is 0.167. The number of pyridine rings is 2. The van der Waals surface area contributed by atoms with E-state index in [9.17, 15) is 5.21 Å². The summed E-state index contributed by atoms with van der Waals surface area (Å²) in [7, 11) is 0. The van der Waals surface area contributed by atoms with Crippen LogP contribution < -0.4 is 4.73 Å². The first kappa shape index (κ1) is 12.5. The second-order valence-corrected chi connectivity index (χ2v) is 3.79. The summed E-state index contributed by atoms with van der Waals surface area (Å²) < 4.78 is 0.787. The van der Waals surface area contributed by atoms with Crippen molar-refractivity contribution in [1.29, 1.82) is 0 Å². The van der Waals surface area contributed by atoms with Gasteiger partial charge in [-0.3, -0.25) is 0 Å². The molecule has 0 bridgehead atoms. The predicted molar refractivity (Wildman–Crippen MR) is 64.1 cm³/mol. The summed E-state index contributed by atoms with van der Waals surface area (Å²) in [6.45, 7) is 3.86. The normalized spacial score (nSPS) is 9.19. The van der Waals surface area contributed by atoms with Crippen LogP contribution in [0.5, 0.6) is 0 Å². The summed E-state index contributed by atoms with van der Waals surface area (Å²) in [5.41, 5.74) is 2.12. The largest absolute Gasteiger partial charge is 0.619 e. The molecule has 2 rings (SSSR count). The molecule has 0 aliphatic carbocycles. The molecule has 0 aliphatic heterocycles. The zero-order valence-corrected chi connectivity index (χ0v) is 9.98. The van der Waals surface area contributed by atoms with Crippen molar-refractivity contribution in [2.45, 2.75) is 13.8 Å². The van der Waals surface area contributed by atoms with E-state index in [0.717, 1.165) is 15.9 Å². The van der Waals surface area contributed by atoms with Gasteiger partial charge in [0.1, 0.15) is 5.15 Å². The molecule has 0 fully saturated rings. The van der Waals surface area contributed by atoms with Gasteiger partial charge in [0.25, 0.3) is 0 Å². The number of halogens is 1. The Bertz CT molecular complexity index is 405. The highest BCUT2D eigenvalue weighted by atomic mass is 35.5. The van der Waals surface area contributed by atoms with Crippen molar-refractivity contribution in [3.05, 3.63) is 64.3 Å². The number of aryl methyl sites for hydroxylation is 2. The monoisotopic (exact) mass is 236 g/mol. The second-order valence-electron chi connectivity index (χ2n) is 3.40. The van der Waals surface area contributed by atoms with E-state index >= 15 is 0 Å². The molecule has 0 saturated heterocycles. The summed E-state index contributed by atoms with van der Waals surface area (Å²) >= 11 is 5.50. The lowest BCUT2D eigenvalue weighted by atomic mass is 10.3. The van der Waals surface area contributed by atoms with E-state index in [1.165, 1.54) is 12.4 Å². The number of hydrogen-bond acceptors (Lipinski definition) is 2. The van der Waals surface area contributed by atoms with E-state index in [2.05, 4.69) is 4.98 Å². The van der Waals surface area contributed by atoms with Crippen LogP contribution in [0.4, 0.5) is 0 Å². The number of nitrogens with zero attached hydrogens (tertiary/aromatic N) is 2. The fourth-order valence-electron chi connectivity index (χ4n) is 1.02. The van der Waals surface area contributed by atoms with Gasteiger partial charge >= 0.3 is 0 Å². The molecular weight excluding hydrogens is 224 g/mol. The SMILES string of the molecule is Cc1ccc(Cl)nc1.Cc1ccc[n+]([O-])c1. The van der Waals surface area contributed by atoms with E-state index < -0.39 is 0 Å². The second kappa shape index (κ2) is 6.08. The third-order valence-corrected chi connectivity index (χ3v) is 2.02. The highest BCUT2D eigenvalue weighted by Gasteiger charge is 1.85. The lowest BCUT2D eigenvalue weighted by Gasteiger charge is -1.92. The zero-order valence-electron chi connectivity index (χ0n) is 9.22. The average molecular weight is 237 g/mol. The van der Waals surface area contributed by atoms with Crippen LogP contribution in [0, 0.1) is 19.1 Å². The quantitative estimate of drug-likeness (QED) is 0.401. The van der Waals surface area contributed by atoms with E-state index in [1.807, 2.05) is 26.0 Å². The van der Waals surface area contributed by atoms with Crippen LogP contribution >= 0.6 is 11.6 Å². The van der Waals surface area contributed by atoms with Crippen LogP contribution in [0.1, 0.15) is 11.1 Å². The summed E-state index contributed by atoms with van der Waals surface area (Å²) in [6, 6.07) is 7.31. The van der Waals surface area contributed by atoms with Crippen LogP contribution in [0.3, 0.4) is 0 Å². The van der Waals surface area contributed by atoms with E-state index in [-0.39, 0.29) is 0 Å². The Morgan fingerprint density at radius 3 is 2.31 bits per heavy atom. The molecule has 2 aromatic rings. The van der Waals surface area contributed by atoms with Gasteiger partial charge in [0, 0.05) is 17.8 Å². The molecule has 0 N–H and O–H groups in total. The molecular formula is C12H13ClN2O. The molecule has 0 aliphatic rings. The summed E-state index contributed by atoms with van der Waals surface area (Å²) in [5, 5.41) is 11.0. The van der Waals surface area contributed by atoms with Gasteiger partial charge in [-0.25, -0.2) is 4.98 Å². The topological polar surface area (TPSA) is 39.8 Å².